The Balaban J connectivity index is 1.99. The van der Waals surface area contributed by atoms with Gasteiger partial charge in [0.1, 0.15) is 0 Å². The van der Waals surface area contributed by atoms with Gasteiger partial charge in [0.05, 0.1) is 12.0 Å². The fraction of sp³-hybridized carbons (Fsp3) is 0.556. The monoisotopic (exact) mass is 318 g/mol. The molecule has 1 aliphatic rings. The number of piperidine rings is 1. The Morgan fingerprint density at radius 3 is 2.57 bits per heavy atom. The molecule has 1 saturated heterocycles. The Hall–Kier alpha value is -1.88. The lowest BCUT2D eigenvalue weighted by Crippen LogP contribution is -2.52. The first-order chi connectivity index (χ1) is 10.9. The minimum atomic E-state index is -0.765. The van der Waals surface area contributed by atoms with Gasteiger partial charge in [0.15, 0.2) is 0 Å². The molecule has 1 N–H and O–H groups in total. The molecule has 5 heteroatoms. The number of carboxylic acid groups (broad SMARTS) is 1. The van der Waals surface area contributed by atoms with Gasteiger partial charge in [-0.05, 0) is 24.8 Å². The number of hydrogen-bond donors (Lipinski definition) is 1. The molecule has 0 radical (unpaired) electrons. The highest BCUT2D eigenvalue weighted by molar-refractivity contribution is 5.81. The highest BCUT2D eigenvalue weighted by Crippen LogP contribution is 2.24. The summed E-state index contributed by atoms with van der Waals surface area (Å²) in [4.78, 5) is 27.7. The van der Waals surface area contributed by atoms with Gasteiger partial charge in [0, 0.05) is 26.7 Å². The second-order valence-corrected chi connectivity index (χ2v) is 6.69. The summed E-state index contributed by atoms with van der Waals surface area (Å²) >= 11 is 0. The molecule has 2 rings (SSSR count). The van der Waals surface area contributed by atoms with Crippen LogP contribution in [0.1, 0.15) is 25.8 Å². The summed E-state index contributed by atoms with van der Waals surface area (Å²) in [5.74, 6) is -0.820. The normalized spacial score (nSPS) is 23.3. The predicted octanol–water partition coefficient (Wildman–Crippen LogP) is 2.08. The summed E-state index contributed by atoms with van der Waals surface area (Å²) in [6.07, 6.45) is 0.687. The second-order valence-electron chi connectivity index (χ2n) is 6.69. The van der Waals surface area contributed by atoms with Gasteiger partial charge in [-0.1, -0.05) is 37.3 Å². The van der Waals surface area contributed by atoms with Crippen molar-refractivity contribution >= 4 is 11.9 Å². The second kappa shape index (κ2) is 7.59. The molecule has 0 saturated carbocycles. The topological polar surface area (TPSA) is 60.9 Å². The molecule has 0 bridgehead atoms. The van der Waals surface area contributed by atoms with E-state index in [1.54, 1.807) is 11.9 Å². The van der Waals surface area contributed by atoms with Gasteiger partial charge in [0.2, 0.25) is 5.91 Å². The molecule has 23 heavy (non-hydrogen) atoms. The molecule has 1 heterocycles. The van der Waals surface area contributed by atoms with Crippen molar-refractivity contribution in [2.24, 2.45) is 11.8 Å². The van der Waals surface area contributed by atoms with E-state index in [1.165, 1.54) is 0 Å². The zero-order valence-electron chi connectivity index (χ0n) is 14.1. The molecular weight excluding hydrogens is 292 g/mol. The number of likely N-dealkylation sites (tertiary alicyclic amines) is 1. The van der Waals surface area contributed by atoms with Crippen LogP contribution in [0.25, 0.3) is 0 Å². The van der Waals surface area contributed by atoms with E-state index < -0.39 is 5.97 Å². The Labute approximate surface area is 137 Å². The molecular formula is C18H26N2O3. The zero-order chi connectivity index (χ0) is 17.0. The molecule has 1 fully saturated rings. The van der Waals surface area contributed by atoms with Crippen LogP contribution in [0.5, 0.6) is 0 Å². The van der Waals surface area contributed by atoms with Gasteiger partial charge in [-0.2, -0.15) is 0 Å². The third-order valence-electron chi connectivity index (χ3n) is 4.58. The van der Waals surface area contributed by atoms with Crippen LogP contribution in [-0.2, 0) is 16.1 Å². The van der Waals surface area contributed by atoms with Crippen LogP contribution < -0.4 is 0 Å². The van der Waals surface area contributed by atoms with Gasteiger partial charge >= 0.3 is 5.97 Å². The number of carbonyl (C=O) groups excluding carboxylic acids is 1. The standard InChI is InChI=1S/C18H26N2O3/c1-13-9-16(18(22)23)12-20(10-13)14(2)17(21)19(3)11-15-7-5-4-6-8-15/h4-8,13-14,16H,9-12H2,1-3H3,(H,22,23). The van der Waals surface area contributed by atoms with E-state index in [0.29, 0.717) is 25.4 Å². The van der Waals surface area contributed by atoms with Crippen LogP contribution in [0.15, 0.2) is 30.3 Å². The summed E-state index contributed by atoms with van der Waals surface area (Å²) in [6, 6.07) is 9.57. The first-order valence-corrected chi connectivity index (χ1v) is 8.14. The average molecular weight is 318 g/mol. The minimum Gasteiger partial charge on any atom is -0.481 e. The smallest absolute Gasteiger partial charge is 0.307 e. The summed E-state index contributed by atoms with van der Waals surface area (Å²) in [6.45, 7) is 5.71. The number of nitrogens with zero attached hydrogens (tertiary/aromatic N) is 2. The fourth-order valence-electron chi connectivity index (χ4n) is 3.30. The first kappa shape index (κ1) is 17.5. The van der Waals surface area contributed by atoms with Crippen molar-refractivity contribution in [1.82, 2.24) is 9.80 Å². The molecule has 3 atom stereocenters. The molecule has 0 aliphatic carbocycles. The van der Waals surface area contributed by atoms with Crippen LogP contribution in [-0.4, -0.2) is 53.0 Å². The van der Waals surface area contributed by atoms with Crippen molar-refractivity contribution in [3.63, 3.8) is 0 Å². The number of carbonyl (C=O) groups is 2. The predicted molar refractivity (Wildman–Crippen MR) is 88.9 cm³/mol. The van der Waals surface area contributed by atoms with Crippen LogP contribution in [0.4, 0.5) is 0 Å². The Morgan fingerprint density at radius 2 is 1.96 bits per heavy atom. The summed E-state index contributed by atoms with van der Waals surface area (Å²) < 4.78 is 0. The van der Waals surface area contributed by atoms with Crippen molar-refractivity contribution in [2.45, 2.75) is 32.9 Å². The summed E-state index contributed by atoms with van der Waals surface area (Å²) in [5, 5.41) is 9.28. The lowest BCUT2D eigenvalue weighted by molar-refractivity contribution is -0.147. The quantitative estimate of drug-likeness (QED) is 0.903. The maximum atomic E-state index is 12.7. The van der Waals surface area contributed by atoms with E-state index in [2.05, 4.69) is 0 Å². The van der Waals surface area contributed by atoms with Crippen LogP contribution in [0.3, 0.4) is 0 Å². The average Bonchev–Trinajstić information content (AvgIpc) is 2.53. The van der Waals surface area contributed by atoms with Crippen molar-refractivity contribution < 1.29 is 14.7 Å². The van der Waals surface area contributed by atoms with E-state index in [-0.39, 0.29) is 17.9 Å². The van der Waals surface area contributed by atoms with E-state index in [0.717, 1.165) is 12.1 Å². The summed E-state index contributed by atoms with van der Waals surface area (Å²) in [5.41, 5.74) is 1.09. The number of aliphatic carboxylic acids is 1. The first-order valence-electron chi connectivity index (χ1n) is 8.14. The molecule has 1 amide bonds. The summed E-state index contributed by atoms with van der Waals surface area (Å²) in [7, 11) is 1.80. The zero-order valence-corrected chi connectivity index (χ0v) is 14.1. The number of rotatable bonds is 5. The third-order valence-corrected chi connectivity index (χ3v) is 4.58. The number of likely N-dealkylation sites (N-methyl/N-ethyl adjacent to an activating group) is 1. The molecule has 1 aliphatic heterocycles. The van der Waals surface area contributed by atoms with Crippen LogP contribution in [0, 0.1) is 11.8 Å². The van der Waals surface area contributed by atoms with Gasteiger partial charge in [-0.15, -0.1) is 0 Å². The fourth-order valence-corrected chi connectivity index (χ4v) is 3.30. The van der Waals surface area contributed by atoms with Crippen molar-refractivity contribution in [2.75, 3.05) is 20.1 Å². The number of benzene rings is 1. The molecule has 1 aromatic rings. The number of carboxylic acids is 1. The van der Waals surface area contributed by atoms with E-state index in [9.17, 15) is 14.7 Å². The number of amides is 1. The minimum absolute atomic E-state index is 0.0343. The van der Waals surface area contributed by atoms with Crippen LogP contribution >= 0.6 is 0 Å². The maximum Gasteiger partial charge on any atom is 0.307 e. The molecule has 3 unspecified atom stereocenters. The lowest BCUT2D eigenvalue weighted by Gasteiger charge is -2.38. The maximum absolute atomic E-state index is 12.7. The van der Waals surface area contributed by atoms with Gasteiger partial charge < -0.3 is 10.0 Å². The molecule has 126 valence electrons. The van der Waals surface area contributed by atoms with Gasteiger partial charge in [0.25, 0.3) is 0 Å². The largest absolute Gasteiger partial charge is 0.481 e. The van der Waals surface area contributed by atoms with Gasteiger partial charge in [-0.25, -0.2) is 0 Å². The molecule has 5 nitrogen and oxygen atoms in total. The van der Waals surface area contributed by atoms with Crippen molar-refractivity contribution in [3.8, 4) is 0 Å². The van der Waals surface area contributed by atoms with E-state index in [1.807, 2.05) is 49.1 Å². The Bertz CT molecular complexity index is 546. The van der Waals surface area contributed by atoms with Gasteiger partial charge in [-0.3, -0.25) is 14.5 Å². The molecule has 0 aromatic heterocycles. The van der Waals surface area contributed by atoms with Crippen molar-refractivity contribution in [3.05, 3.63) is 35.9 Å². The SMILES string of the molecule is CC1CC(C(=O)O)CN(C(C)C(=O)N(C)Cc2ccccc2)C1. The Kier molecular flexibility index (Phi) is 5.77. The van der Waals surface area contributed by atoms with E-state index in [4.69, 9.17) is 0 Å². The van der Waals surface area contributed by atoms with Crippen molar-refractivity contribution in [1.29, 1.82) is 0 Å². The van der Waals surface area contributed by atoms with E-state index >= 15 is 0 Å². The number of hydrogen-bond acceptors (Lipinski definition) is 3. The third kappa shape index (κ3) is 4.55. The highest BCUT2D eigenvalue weighted by Gasteiger charge is 2.34. The van der Waals surface area contributed by atoms with Crippen LogP contribution in [0.2, 0.25) is 0 Å². The Morgan fingerprint density at radius 1 is 1.30 bits per heavy atom. The highest BCUT2D eigenvalue weighted by atomic mass is 16.4. The molecule has 0 spiro atoms. The lowest BCUT2D eigenvalue weighted by atomic mass is 9.89. The molecule has 1 aromatic carbocycles.